The first-order valence-corrected chi connectivity index (χ1v) is 8.95. The summed E-state index contributed by atoms with van der Waals surface area (Å²) in [4.78, 5) is 12.3. The minimum absolute atomic E-state index is 0.0207. The van der Waals surface area contributed by atoms with Gasteiger partial charge in [-0.15, -0.1) is 0 Å². The second kappa shape index (κ2) is 5.45. The van der Waals surface area contributed by atoms with Crippen LogP contribution in [-0.2, 0) is 23.1 Å². The van der Waals surface area contributed by atoms with Gasteiger partial charge in [-0.25, -0.2) is 0 Å². The number of hydrogen-bond acceptors (Lipinski definition) is 3. The van der Waals surface area contributed by atoms with Gasteiger partial charge in [0.1, 0.15) is 5.69 Å². The predicted octanol–water partition coefficient (Wildman–Crippen LogP) is 3.39. The summed E-state index contributed by atoms with van der Waals surface area (Å²) in [5, 5.41) is 8.07. The summed E-state index contributed by atoms with van der Waals surface area (Å²) in [5.74, 6) is 0.585. The first-order valence-electron chi connectivity index (χ1n) is 8.95. The number of para-hydroxylation sites is 1. The molecule has 25 heavy (non-hydrogen) atoms. The fourth-order valence-electron chi connectivity index (χ4n) is 4.52. The molecule has 2 aromatic carbocycles. The van der Waals surface area contributed by atoms with Gasteiger partial charge in [0, 0.05) is 17.3 Å². The van der Waals surface area contributed by atoms with Gasteiger partial charge in [-0.2, -0.15) is 0 Å². The molecular weight excluding hydrogens is 312 g/mol. The van der Waals surface area contributed by atoms with Crippen LogP contribution in [0.4, 0.5) is 0 Å². The van der Waals surface area contributed by atoms with Crippen molar-refractivity contribution in [1.82, 2.24) is 10.5 Å². The number of amides is 1. The lowest BCUT2D eigenvalue weighted by molar-refractivity contribution is -0.120. The molecule has 0 unspecified atom stereocenters. The maximum Gasteiger partial charge on any atom is 0.226 e. The van der Waals surface area contributed by atoms with Crippen LogP contribution >= 0.6 is 0 Å². The first kappa shape index (κ1) is 14.7. The molecule has 4 heteroatoms. The van der Waals surface area contributed by atoms with Gasteiger partial charge in [0.2, 0.25) is 5.91 Å². The molecule has 1 N–H and O–H groups in total. The minimum atomic E-state index is 0.0207. The highest BCUT2D eigenvalue weighted by Gasteiger charge is 2.57. The third-order valence-corrected chi connectivity index (χ3v) is 5.95. The maximum atomic E-state index is 12.3. The third-order valence-electron chi connectivity index (χ3n) is 5.95. The lowest BCUT2D eigenvalue weighted by Gasteiger charge is -2.12. The van der Waals surface area contributed by atoms with Crippen molar-refractivity contribution >= 4 is 16.9 Å². The summed E-state index contributed by atoms with van der Waals surface area (Å²) >= 11 is 0. The molecule has 4 nitrogen and oxygen atoms in total. The Morgan fingerprint density at radius 1 is 1.20 bits per heavy atom. The summed E-state index contributed by atoms with van der Waals surface area (Å²) < 4.78 is 5.27. The Morgan fingerprint density at radius 2 is 2.04 bits per heavy atom. The standard InChI is InChI=1S/C21H20N2O2/c24-20(11-18-16-6-2-4-8-19(16)25-23-18)22-13-15-12-21(15)10-9-14-5-1-3-7-17(14)21/h1-8,15H,9-13H2,(H,22,24)/t15-,21+/m0/s1. The summed E-state index contributed by atoms with van der Waals surface area (Å²) in [6, 6.07) is 16.4. The molecule has 1 aromatic heterocycles. The third kappa shape index (κ3) is 2.36. The van der Waals surface area contributed by atoms with E-state index in [-0.39, 0.29) is 12.3 Å². The number of benzene rings is 2. The van der Waals surface area contributed by atoms with Crippen molar-refractivity contribution in [3.63, 3.8) is 0 Å². The Kier molecular flexibility index (Phi) is 3.20. The molecule has 3 aromatic rings. The van der Waals surface area contributed by atoms with Crippen LogP contribution in [0.2, 0.25) is 0 Å². The highest BCUT2D eigenvalue weighted by Crippen LogP contribution is 2.61. The fourth-order valence-corrected chi connectivity index (χ4v) is 4.52. The van der Waals surface area contributed by atoms with Crippen molar-refractivity contribution in [3.8, 4) is 0 Å². The number of nitrogens with zero attached hydrogens (tertiary/aromatic N) is 1. The highest BCUT2D eigenvalue weighted by atomic mass is 16.5. The van der Waals surface area contributed by atoms with E-state index in [4.69, 9.17) is 4.52 Å². The number of carbonyl (C=O) groups is 1. The largest absolute Gasteiger partial charge is 0.356 e. The van der Waals surface area contributed by atoms with Gasteiger partial charge in [0.15, 0.2) is 5.58 Å². The molecular formula is C21H20N2O2. The van der Waals surface area contributed by atoms with E-state index in [1.54, 1.807) is 0 Å². The van der Waals surface area contributed by atoms with E-state index in [0.29, 0.717) is 17.0 Å². The predicted molar refractivity (Wildman–Crippen MR) is 95.3 cm³/mol. The Morgan fingerprint density at radius 3 is 3.00 bits per heavy atom. The number of aromatic nitrogens is 1. The second-order valence-electron chi connectivity index (χ2n) is 7.32. The lowest BCUT2D eigenvalue weighted by atomic mass is 9.95. The van der Waals surface area contributed by atoms with Crippen molar-refractivity contribution in [2.45, 2.75) is 31.1 Å². The van der Waals surface area contributed by atoms with E-state index in [9.17, 15) is 4.79 Å². The molecule has 2 aliphatic carbocycles. The van der Waals surface area contributed by atoms with E-state index >= 15 is 0 Å². The summed E-state index contributed by atoms with van der Waals surface area (Å²) in [6.07, 6.45) is 3.86. The number of fused-ring (bicyclic) bond motifs is 3. The number of nitrogens with one attached hydrogen (secondary N) is 1. The van der Waals surface area contributed by atoms with E-state index in [1.165, 1.54) is 30.4 Å². The van der Waals surface area contributed by atoms with E-state index in [1.807, 2.05) is 24.3 Å². The van der Waals surface area contributed by atoms with Gasteiger partial charge in [-0.1, -0.05) is 41.6 Å². The number of rotatable bonds is 4. The van der Waals surface area contributed by atoms with Crippen LogP contribution in [0.3, 0.4) is 0 Å². The molecule has 1 spiro atoms. The normalized spacial score (nSPS) is 23.8. The first-order chi connectivity index (χ1) is 12.3. The average molecular weight is 332 g/mol. The van der Waals surface area contributed by atoms with Crippen LogP contribution in [0.1, 0.15) is 29.7 Å². The van der Waals surface area contributed by atoms with Crippen molar-refractivity contribution < 1.29 is 9.32 Å². The van der Waals surface area contributed by atoms with Crippen LogP contribution in [0.5, 0.6) is 0 Å². The lowest BCUT2D eigenvalue weighted by Crippen LogP contribution is -2.29. The quantitative estimate of drug-likeness (QED) is 0.797. The molecule has 126 valence electrons. The molecule has 2 atom stereocenters. The Labute approximate surface area is 146 Å². The van der Waals surface area contributed by atoms with E-state index in [0.717, 1.165) is 17.5 Å². The minimum Gasteiger partial charge on any atom is -0.356 e. The zero-order chi connectivity index (χ0) is 16.9. The molecule has 1 heterocycles. The molecule has 0 saturated heterocycles. The zero-order valence-electron chi connectivity index (χ0n) is 14.0. The average Bonchev–Trinajstić information content (AvgIpc) is 3.00. The molecule has 5 rings (SSSR count). The SMILES string of the molecule is O=C(Cc1noc2ccccc12)NC[C@@H]1C[C@]12CCc1ccccc12. The smallest absolute Gasteiger partial charge is 0.226 e. The number of hydrogen-bond donors (Lipinski definition) is 1. The van der Waals surface area contributed by atoms with Crippen molar-refractivity contribution in [3.05, 3.63) is 65.4 Å². The molecule has 0 bridgehead atoms. The maximum absolute atomic E-state index is 12.3. The van der Waals surface area contributed by atoms with E-state index < -0.39 is 0 Å². The number of aryl methyl sites for hydroxylation is 1. The highest BCUT2D eigenvalue weighted by molar-refractivity contribution is 5.86. The van der Waals surface area contributed by atoms with Gasteiger partial charge in [0.05, 0.1) is 6.42 Å². The van der Waals surface area contributed by atoms with Crippen LogP contribution in [0.25, 0.3) is 11.0 Å². The van der Waals surface area contributed by atoms with Crippen molar-refractivity contribution in [2.24, 2.45) is 5.92 Å². The summed E-state index contributed by atoms with van der Waals surface area (Å²) in [7, 11) is 0. The van der Waals surface area contributed by atoms with Gasteiger partial charge in [-0.3, -0.25) is 4.79 Å². The Bertz CT molecular complexity index is 961. The topological polar surface area (TPSA) is 55.1 Å². The van der Waals surface area contributed by atoms with Gasteiger partial charge >= 0.3 is 0 Å². The molecule has 1 fully saturated rings. The Hall–Kier alpha value is -2.62. The zero-order valence-corrected chi connectivity index (χ0v) is 14.0. The Balaban J connectivity index is 1.22. The van der Waals surface area contributed by atoms with Crippen LogP contribution in [0.15, 0.2) is 53.1 Å². The molecule has 1 amide bonds. The summed E-state index contributed by atoms with van der Waals surface area (Å²) in [5.41, 5.74) is 4.77. The summed E-state index contributed by atoms with van der Waals surface area (Å²) in [6.45, 7) is 0.753. The second-order valence-corrected chi connectivity index (χ2v) is 7.32. The van der Waals surface area contributed by atoms with Gasteiger partial charge in [-0.05, 0) is 48.4 Å². The van der Waals surface area contributed by atoms with Gasteiger partial charge < -0.3 is 9.84 Å². The van der Waals surface area contributed by atoms with Crippen LogP contribution in [0, 0.1) is 5.92 Å². The van der Waals surface area contributed by atoms with Crippen LogP contribution in [-0.4, -0.2) is 17.6 Å². The van der Waals surface area contributed by atoms with Gasteiger partial charge in [0.25, 0.3) is 0 Å². The van der Waals surface area contributed by atoms with Crippen molar-refractivity contribution in [2.75, 3.05) is 6.54 Å². The number of carbonyl (C=O) groups excluding carboxylic acids is 1. The molecule has 2 aliphatic rings. The van der Waals surface area contributed by atoms with Crippen molar-refractivity contribution in [1.29, 1.82) is 0 Å². The molecule has 0 aliphatic heterocycles. The monoisotopic (exact) mass is 332 g/mol. The van der Waals surface area contributed by atoms with Crippen LogP contribution < -0.4 is 5.32 Å². The van der Waals surface area contributed by atoms with E-state index in [2.05, 4.69) is 34.7 Å². The molecule has 0 radical (unpaired) electrons. The molecule has 1 saturated carbocycles. The fraction of sp³-hybridized carbons (Fsp3) is 0.333.